The molecule has 1 aromatic heterocycles. The number of carbonyl (C=O) groups is 1. The van der Waals surface area contributed by atoms with Gasteiger partial charge in [-0.05, 0) is 12.1 Å². The minimum Gasteiger partial charge on any atom is -0.355 e. The Morgan fingerprint density at radius 3 is 2.66 bits per heavy atom. The van der Waals surface area contributed by atoms with Gasteiger partial charge < -0.3 is 10.1 Å². The highest BCUT2D eigenvalue weighted by atomic mass is 35.5. The smallest absolute Gasteiger partial charge is 0.355 e. The van der Waals surface area contributed by atoms with E-state index in [-0.39, 0.29) is 28.3 Å². The zero-order valence-corrected chi connectivity index (χ0v) is 15.3. The summed E-state index contributed by atoms with van der Waals surface area (Å²) in [5.74, 6) is -1.47. The summed E-state index contributed by atoms with van der Waals surface area (Å²) in [7, 11) is 0. The Labute approximate surface area is 167 Å². The quantitative estimate of drug-likeness (QED) is 0.735. The molecule has 0 spiro atoms. The van der Waals surface area contributed by atoms with Gasteiger partial charge in [0.15, 0.2) is 0 Å². The van der Waals surface area contributed by atoms with Gasteiger partial charge in [0.05, 0.1) is 5.56 Å². The van der Waals surface area contributed by atoms with Crippen LogP contribution in [-0.4, -0.2) is 34.9 Å². The molecule has 2 aromatic rings. The van der Waals surface area contributed by atoms with Gasteiger partial charge in [-0.2, -0.15) is 13.2 Å². The Morgan fingerprint density at radius 2 is 2.00 bits per heavy atom. The average molecular weight is 429 g/mol. The number of ether oxygens (including phenoxy) is 1. The molecule has 1 aliphatic heterocycles. The van der Waals surface area contributed by atoms with Crippen molar-refractivity contribution in [2.45, 2.75) is 18.2 Å². The van der Waals surface area contributed by atoms with Crippen molar-refractivity contribution in [2.75, 3.05) is 6.61 Å². The highest BCUT2D eigenvalue weighted by Crippen LogP contribution is 2.37. The number of hydrogen-bond acceptors (Lipinski definition) is 5. The first-order valence-electron chi connectivity index (χ1n) is 8.14. The number of carbonyl (C=O) groups excluding carboxylic acids is 1. The Balaban J connectivity index is 1.90. The van der Waals surface area contributed by atoms with E-state index >= 15 is 0 Å². The van der Waals surface area contributed by atoms with Crippen LogP contribution in [0.5, 0.6) is 0 Å². The van der Waals surface area contributed by atoms with Gasteiger partial charge in [-0.3, -0.25) is 9.79 Å². The number of benzene rings is 1. The highest BCUT2D eigenvalue weighted by molar-refractivity contribution is 6.30. The number of nitrogens with zero attached hydrogens (tertiary/aromatic N) is 3. The van der Waals surface area contributed by atoms with E-state index < -0.39 is 30.1 Å². The molecule has 1 aliphatic rings. The van der Waals surface area contributed by atoms with Crippen LogP contribution in [0.2, 0.25) is 5.02 Å². The third-order valence-electron chi connectivity index (χ3n) is 3.94. The lowest BCUT2D eigenvalue weighted by atomic mass is 9.88. The molecule has 0 aliphatic carbocycles. The fourth-order valence-corrected chi connectivity index (χ4v) is 2.87. The lowest BCUT2D eigenvalue weighted by Gasteiger charge is -2.34. The van der Waals surface area contributed by atoms with E-state index in [9.17, 15) is 22.4 Å². The summed E-state index contributed by atoms with van der Waals surface area (Å²) in [4.78, 5) is 23.6. The van der Waals surface area contributed by atoms with E-state index in [0.29, 0.717) is 0 Å². The summed E-state index contributed by atoms with van der Waals surface area (Å²) < 4.78 is 58.0. The molecule has 0 fully saturated rings. The summed E-state index contributed by atoms with van der Waals surface area (Å²) in [6, 6.07) is 3.50. The molecule has 1 atom stereocenters. The largest absolute Gasteiger partial charge is 0.411 e. The molecule has 0 saturated carbocycles. The molecule has 11 heteroatoms. The molecule has 0 radical (unpaired) electrons. The van der Waals surface area contributed by atoms with Crippen LogP contribution in [-0.2, 0) is 10.3 Å². The van der Waals surface area contributed by atoms with Crippen molar-refractivity contribution < 1.29 is 27.1 Å². The summed E-state index contributed by atoms with van der Waals surface area (Å²) >= 11 is 5.74. The highest BCUT2D eigenvalue weighted by Gasteiger charge is 2.41. The summed E-state index contributed by atoms with van der Waals surface area (Å²) in [6.07, 6.45) is 1.11. The summed E-state index contributed by atoms with van der Waals surface area (Å²) in [5.41, 5.74) is -1.84. The van der Waals surface area contributed by atoms with Crippen molar-refractivity contribution >= 4 is 23.7 Å². The van der Waals surface area contributed by atoms with Gasteiger partial charge in [0.1, 0.15) is 24.4 Å². The zero-order chi connectivity index (χ0) is 21.1. The Bertz CT molecular complexity index is 966. The maximum Gasteiger partial charge on any atom is 0.411 e. The van der Waals surface area contributed by atoms with Gasteiger partial charge in [0, 0.05) is 47.5 Å². The first-order chi connectivity index (χ1) is 13.7. The second-order valence-corrected chi connectivity index (χ2v) is 6.54. The molecule has 0 saturated heterocycles. The van der Waals surface area contributed by atoms with Crippen LogP contribution in [0.15, 0.2) is 53.8 Å². The first-order valence-corrected chi connectivity index (χ1v) is 8.52. The molecule has 29 heavy (non-hydrogen) atoms. The first kappa shape index (κ1) is 20.9. The van der Waals surface area contributed by atoms with Crippen LogP contribution < -0.4 is 5.32 Å². The molecule has 152 valence electrons. The Morgan fingerprint density at radius 1 is 1.28 bits per heavy atom. The minimum atomic E-state index is -4.66. The number of amides is 1. The number of aliphatic imine (C=N–C) groups is 1. The van der Waals surface area contributed by atoms with E-state index in [1.807, 2.05) is 0 Å². The molecular weight excluding hydrogens is 416 g/mol. The number of hydrogen-bond donors (Lipinski definition) is 1. The van der Waals surface area contributed by atoms with Crippen molar-refractivity contribution in [2.24, 2.45) is 4.99 Å². The number of halogens is 5. The van der Waals surface area contributed by atoms with Crippen molar-refractivity contribution in [3.05, 3.63) is 70.8 Å². The maximum atomic E-state index is 14.5. The van der Waals surface area contributed by atoms with Crippen LogP contribution in [0, 0.1) is 5.82 Å². The van der Waals surface area contributed by atoms with Gasteiger partial charge in [0.2, 0.25) is 0 Å². The van der Waals surface area contributed by atoms with Crippen LogP contribution >= 0.6 is 11.6 Å². The molecule has 1 N–H and O–H groups in total. The van der Waals surface area contributed by atoms with Crippen molar-refractivity contribution in [1.82, 2.24) is 15.3 Å². The maximum absolute atomic E-state index is 14.5. The van der Waals surface area contributed by atoms with E-state index in [1.165, 1.54) is 37.1 Å². The second kappa shape index (κ2) is 8.26. The van der Waals surface area contributed by atoms with Crippen molar-refractivity contribution in [3.8, 4) is 0 Å². The van der Waals surface area contributed by atoms with Gasteiger partial charge in [0.25, 0.3) is 5.91 Å². The molecule has 0 bridgehead atoms. The molecule has 1 aromatic carbocycles. The number of alkyl halides is 3. The van der Waals surface area contributed by atoms with Gasteiger partial charge in [-0.15, -0.1) is 0 Å². The number of rotatable bonds is 5. The Hall–Kier alpha value is -2.85. The summed E-state index contributed by atoms with van der Waals surface area (Å²) in [6.45, 7) is -1.64. The van der Waals surface area contributed by atoms with Crippen LogP contribution in [0.4, 0.5) is 17.6 Å². The third kappa shape index (κ3) is 5.15. The molecule has 1 unspecified atom stereocenters. The lowest BCUT2D eigenvalue weighted by Crippen LogP contribution is -2.40. The van der Waals surface area contributed by atoms with Crippen LogP contribution in [0.1, 0.15) is 22.3 Å². The van der Waals surface area contributed by atoms with E-state index in [4.69, 9.17) is 16.3 Å². The topological polar surface area (TPSA) is 76.5 Å². The van der Waals surface area contributed by atoms with Gasteiger partial charge >= 0.3 is 6.18 Å². The minimum absolute atomic E-state index is 0.0677. The normalized spacial score (nSPS) is 19.0. The molecule has 2 heterocycles. The second-order valence-electron chi connectivity index (χ2n) is 6.11. The predicted molar refractivity (Wildman–Crippen MR) is 95.8 cm³/mol. The zero-order valence-electron chi connectivity index (χ0n) is 14.6. The molecular formula is C18H13ClF4N4O2. The third-order valence-corrected chi connectivity index (χ3v) is 4.18. The number of aromatic nitrogens is 2. The average Bonchev–Trinajstić information content (AvgIpc) is 2.67. The van der Waals surface area contributed by atoms with E-state index in [0.717, 1.165) is 12.3 Å². The molecule has 6 nitrogen and oxygen atoms in total. The molecule has 3 rings (SSSR count). The fourth-order valence-electron chi connectivity index (χ4n) is 2.71. The Kier molecular flexibility index (Phi) is 5.94. The van der Waals surface area contributed by atoms with E-state index in [2.05, 4.69) is 20.3 Å². The lowest BCUT2D eigenvalue weighted by molar-refractivity contribution is -0.195. The van der Waals surface area contributed by atoms with Gasteiger partial charge in [-0.25, -0.2) is 14.4 Å². The van der Waals surface area contributed by atoms with Crippen molar-refractivity contribution in [1.29, 1.82) is 0 Å². The van der Waals surface area contributed by atoms with Crippen LogP contribution in [0.25, 0.3) is 0 Å². The standard InChI is InChI=1S/C18H13ClF4N4O2/c19-12-1-2-14(15(20)3-12)17(29-9-18(21,22)23)4-13(7-24-8-17)27-16(28)11-5-25-10-26-6-11/h1-3,5-8,10H,4,9H2,(H,27,28). The SMILES string of the molecule is O=C(NC1=CN=CC(OCC(F)(F)F)(c2ccc(Cl)cc2F)C1)c1cncnc1. The number of nitrogens with one attached hydrogen (secondary N) is 1. The van der Waals surface area contributed by atoms with Crippen LogP contribution in [0.3, 0.4) is 0 Å². The monoisotopic (exact) mass is 428 g/mol. The predicted octanol–water partition coefficient (Wildman–Crippen LogP) is 3.79. The van der Waals surface area contributed by atoms with E-state index in [1.54, 1.807) is 0 Å². The summed E-state index contributed by atoms with van der Waals surface area (Å²) in [5, 5.41) is 2.57. The van der Waals surface area contributed by atoms with Crippen molar-refractivity contribution in [3.63, 3.8) is 0 Å². The molecule has 1 amide bonds. The fraction of sp³-hybridized carbons (Fsp3) is 0.222. The van der Waals surface area contributed by atoms with Gasteiger partial charge in [-0.1, -0.05) is 17.7 Å².